The second kappa shape index (κ2) is 10.5. The summed E-state index contributed by atoms with van der Waals surface area (Å²) in [4.78, 5) is 23.8. The highest BCUT2D eigenvalue weighted by Crippen LogP contribution is 2.18. The van der Waals surface area contributed by atoms with Gasteiger partial charge in [-0.15, -0.1) is 0 Å². The van der Waals surface area contributed by atoms with E-state index < -0.39 is 28.5 Å². The smallest absolute Gasteiger partial charge is 0.331 e. The Morgan fingerprint density at radius 1 is 1.00 bits per heavy atom. The van der Waals surface area contributed by atoms with Gasteiger partial charge in [-0.3, -0.25) is 4.79 Å². The third kappa shape index (κ3) is 6.55. The maximum atomic E-state index is 12.4. The molecule has 0 atom stereocenters. The summed E-state index contributed by atoms with van der Waals surface area (Å²) in [6.07, 6.45) is 2.84. The van der Waals surface area contributed by atoms with Gasteiger partial charge < -0.3 is 10.1 Å². The number of hydrogen-bond donors (Lipinski definition) is 1. The molecular formula is C21H24N2O5S. The summed E-state index contributed by atoms with van der Waals surface area (Å²) in [5.41, 5.74) is 1.25. The second-order valence-corrected chi connectivity index (χ2v) is 7.95. The van der Waals surface area contributed by atoms with Gasteiger partial charge in [-0.2, -0.15) is 4.31 Å². The predicted octanol–water partition coefficient (Wildman–Crippen LogP) is 2.91. The van der Waals surface area contributed by atoms with Crippen LogP contribution in [0, 0.1) is 0 Å². The first kappa shape index (κ1) is 22.3. The third-order valence-corrected chi connectivity index (χ3v) is 6.10. The van der Waals surface area contributed by atoms with Gasteiger partial charge >= 0.3 is 5.97 Å². The summed E-state index contributed by atoms with van der Waals surface area (Å²) in [5, 5.41) is 2.56. The number of ether oxygens (including phenoxy) is 1. The molecule has 1 N–H and O–H groups in total. The molecule has 154 valence electrons. The molecule has 0 fully saturated rings. The largest absolute Gasteiger partial charge is 0.452 e. The van der Waals surface area contributed by atoms with E-state index in [1.165, 1.54) is 34.6 Å². The SMILES string of the molecule is CCN(CC)S(=O)(=O)c1ccc(NC(=O)COC(=O)/C=C/c2ccccc2)cc1. The highest BCUT2D eigenvalue weighted by Gasteiger charge is 2.21. The highest BCUT2D eigenvalue weighted by molar-refractivity contribution is 7.89. The number of carbonyl (C=O) groups excluding carboxylic acids is 2. The molecule has 2 aromatic carbocycles. The van der Waals surface area contributed by atoms with Crippen LogP contribution in [0.3, 0.4) is 0 Å². The fraction of sp³-hybridized carbons (Fsp3) is 0.238. The van der Waals surface area contributed by atoms with E-state index in [-0.39, 0.29) is 4.90 Å². The molecule has 0 aromatic heterocycles. The molecule has 0 spiro atoms. The number of benzene rings is 2. The van der Waals surface area contributed by atoms with Crippen molar-refractivity contribution in [1.29, 1.82) is 0 Å². The number of sulfonamides is 1. The Hall–Kier alpha value is -2.97. The number of hydrogen-bond acceptors (Lipinski definition) is 5. The standard InChI is InChI=1S/C21H24N2O5S/c1-3-23(4-2)29(26,27)19-13-11-18(12-14-19)22-20(24)16-28-21(25)15-10-17-8-6-5-7-9-17/h5-15H,3-4,16H2,1-2H3,(H,22,24)/b15-10+. The molecule has 0 saturated carbocycles. The lowest BCUT2D eigenvalue weighted by Crippen LogP contribution is -2.30. The molecule has 0 heterocycles. The van der Waals surface area contributed by atoms with Crippen LogP contribution in [0.5, 0.6) is 0 Å². The van der Waals surface area contributed by atoms with Crippen LogP contribution in [0.2, 0.25) is 0 Å². The van der Waals surface area contributed by atoms with Crippen LogP contribution in [-0.4, -0.2) is 44.3 Å². The number of esters is 1. The topological polar surface area (TPSA) is 92.8 Å². The predicted molar refractivity (Wildman–Crippen MR) is 112 cm³/mol. The Morgan fingerprint density at radius 2 is 1.62 bits per heavy atom. The van der Waals surface area contributed by atoms with Gasteiger partial charge in [0.15, 0.2) is 6.61 Å². The van der Waals surface area contributed by atoms with E-state index in [0.717, 1.165) is 5.56 Å². The van der Waals surface area contributed by atoms with E-state index in [9.17, 15) is 18.0 Å². The number of rotatable bonds is 9. The number of nitrogens with zero attached hydrogens (tertiary/aromatic N) is 1. The first-order valence-corrected chi connectivity index (χ1v) is 10.6. The minimum Gasteiger partial charge on any atom is -0.452 e. The molecule has 0 aliphatic rings. The van der Waals surface area contributed by atoms with Crippen molar-refractivity contribution < 1.29 is 22.7 Å². The van der Waals surface area contributed by atoms with E-state index in [2.05, 4.69) is 5.32 Å². The Bertz CT molecular complexity index is 950. The number of carbonyl (C=O) groups is 2. The summed E-state index contributed by atoms with van der Waals surface area (Å²) in [5.74, 6) is -1.16. The Labute approximate surface area is 171 Å². The first-order valence-electron chi connectivity index (χ1n) is 9.16. The molecule has 7 nitrogen and oxygen atoms in total. The van der Waals surface area contributed by atoms with Crippen molar-refractivity contribution in [2.45, 2.75) is 18.7 Å². The van der Waals surface area contributed by atoms with Crippen LogP contribution in [-0.2, 0) is 24.3 Å². The summed E-state index contributed by atoms with van der Waals surface area (Å²) < 4.78 is 31.1. The summed E-state index contributed by atoms with van der Waals surface area (Å²) in [7, 11) is -3.55. The van der Waals surface area contributed by atoms with Crippen LogP contribution in [0.15, 0.2) is 65.6 Å². The van der Waals surface area contributed by atoms with Crippen molar-refractivity contribution in [3.8, 4) is 0 Å². The van der Waals surface area contributed by atoms with Gasteiger partial charge in [-0.25, -0.2) is 13.2 Å². The molecule has 0 saturated heterocycles. The minimum atomic E-state index is -3.55. The van der Waals surface area contributed by atoms with Crippen LogP contribution in [0.4, 0.5) is 5.69 Å². The molecule has 29 heavy (non-hydrogen) atoms. The molecule has 2 aromatic rings. The van der Waals surface area contributed by atoms with Gasteiger partial charge in [0.25, 0.3) is 5.91 Å². The van der Waals surface area contributed by atoms with Crippen LogP contribution < -0.4 is 5.32 Å². The molecule has 0 bridgehead atoms. The van der Waals surface area contributed by atoms with Crippen molar-refractivity contribution >= 4 is 33.7 Å². The zero-order valence-corrected chi connectivity index (χ0v) is 17.2. The maximum Gasteiger partial charge on any atom is 0.331 e. The zero-order chi connectivity index (χ0) is 21.3. The van der Waals surface area contributed by atoms with Crippen molar-refractivity contribution in [2.75, 3.05) is 25.0 Å². The van der Waals surface area contributed by atoms with Crippen LogP contribution in [0.25, 0.3) is 6.08 Å². The highest BCUT2D eigenvalue weighted by atomic mass is 32.2. The van der Waals surface area contributed by atoms with E-state index in [0.29, 0.717) is 18.8 Å². The van der Waals surface area contributed by atoms with Crippen molar-refractivity contribution in [2.24, 2.45) is 0 Å². The summed E-state index contributed by atoms with van der Waals surface area (Å²) in [6, 6.07) is 15.1. The number of amides is 1. The third-order valence-electron chi connectivity index (χ3n) is 4.04. The van der Waals surface area contributed by atoms with E-state index >= 15 is 0 Å². The fourth-order valence-electron chi connectivity index (χ4n) is 2.53. The zero-order valence-electron chi connectivity index (χ0n) is 16.4. The molecule has 0 aliphatic heterocycles. The van der Waals surface area contributed by atoms with E-state index in [4.69, 9.17) is 4.74 Å². The molecule has 2 rings (SSSR count). The quantitative estimate of drug-likeness (QED) is 0.501. The Balaban J connectivity index is 1.88. The summed E-state index contributed by atoms with van der Waals surface area (Å²) >= 11 is 0. The first-order chi connectivity index (χ1) is 13.9. The van der Waals surface area contributed by atoms with Crippen molar-refractivity contribution in [1.82, 2.24) is 4.31 Å². The van der Waals surface area contributed by atoms with Gasteiger partial charge in [0.05, 0.1) is 4.90 Å². The van der Waals surface area contributed by atoms with Gasteiger partial charge in [-0.05, 0) is 35.9 Å². The molecule has 0 unspecified atom stereocenters. The normalized spacial score (nSPS) is 11.6. The lowest BCUT2D eigenvalue weighted by atomic mass is 10.2. The number of anilines is 1. The average molecular weight is 416 g/mol. The molecule has 8 heteroatoms. The lowest BCUT2D eigenvalue weighted by molar-refractivity contribution is -0.142. The molecule has 0 aliphatic carbocycles. The van der Waals surface area contributed by atoms with Gasteiger partial charge in [0.1, 0.15) is 0 Å². The Kier molecular flexibility index (Phi) is 8.11. The fourth-order valence-corrected chi connectivity index (χ4v) is 3.99. The van der Waals surface area contributed by atoms with Crippen molar-refractivity contribution in [3.63, 3.8) is 0 Å². The number of nitrogens with one attached hydrogen (secondary N) is 1. The Morgan fingerprint density at radius 3 is 2.21 bits per heavy atom. The lowest BCUT2D eigenvalue weighted by Gasteiger charge is -2.18. The second-order valence-electron chi connectivity index (χ2n) is 6.01. The van der Waals surface area contributed by atoms with Gasteiger partial charge in [-0.1, -0.05) is 44.2 Å². The van der Waals surface area contributed by atoms with E-state index in [1.54, 1.807) is 19.9 Å². The monoisotopic (exact) mass is 416 g/mol. The summed E-state index contributed by atoms with van der Waals surface area (Å²) in [6.45, 7) is 3.85. The van der Waals surface area contributed by atoms with Crippen LogP contribution >= 0.6 is 0 Å². The molecule has 1 amide bonds. The van der Waals surface area contributed by atoms with Crippen LogP contribution in [0.1, 0.15) is 19.4 Å². The molecular weight excluding hydrogens is 392 g/mol. The average Bonchev–Trinajstić information content (AvgIpc) is 2.72. The maximum absolute atomic E-state index is 12.4. The molecule has 0 radical (unpaired) electrons. The minimum absolute atomic E-state index is 0.150. The van der Waals surface area contributed by atoms with Gasteiger partial charge in [0, 0.05) is 24.9 Å². The van der Waals surface area contributed by atoms with Gasteiger partial charge in [0.2, 0.25) is 10.0 Å². The van der Waals surface area contributed by atoms with E-state index in [1.807, 2.05) is 30.3 Å². The van der Waals surface area contributed by atoms with Crippen molar-refractivity contribution in [3.05, 3.63) is 66.2 Å².